The van der Waals surface area contributed by atoms with Crippen molar-refractivity contribution in [1.82, 2.24) is 14.8 Å². The lowest BCUT2D eigenvalue weighted by atomic mass is 10.0. The van der Waals surface area contributed by atoms with Crippen LogP contribution in [0.15, 0.2) is 84.0 Å². The summed E-state index contributed by atoms with van der Waals surface area (Å²) in [5, 5.41) is 12.1. The molecular formula is C26H25FN4OS. The molecule has 3 aromatic carbocycles. The fourth-order valence-electron chi connectivity index (χ4n) is 3.54. The first-order chi connectivity index (χ1) is 16.0. The van der Waals surface area contributed by atoms with Crippen molar-refractivity contribution in [3.63, 3.8) is 0 Å². The summed E-state index contributed by atoms with van der Waals surface area (Å²) in [5.41, 5.74) is 3.15. The average Bonchev–Trinajstić information content (AvgIpc) is 3.20. The van der Waals surface area contributed by atoms with E-state index in [1.54, 1.807) is 18.2 Å². The first kappa shape index (κ1) is 22.7. The minimum absolute atomic E-state index is 0.144. The molecule has 0 aliphatic carbocycles. The van der Waals surface area contributed by atoms with Crippen LogP contribution in [0.4, 0.5) is 10.1 Å². The maximum Gasteiger partial charge on any atom is 0.234 e. The second-order valence-corrected chi connectivity index (χ2v) is 8.98. The summed E-state index contributed by atoms with van der Waals surface area (Å²) in [6, 6.07) is 24.2. The summed E-state index contributed by atoms with van der Waals surface area (Å²) in [6.07, 6.45) is 0. The van der Waals surface area contributed by atoms with E-state index in [0.29, 0.717) is 29.0 Å². The van der Waals surface area contributed by atoms with Gasteiger partial charge in [0.15, 0.2) is 11.0 Å². The third kappa shape index (κ3) is 5.49. The Morgan fingerprint density at radius 3 is 2.33 bits per heavy atom. The second kappa shape index (κ2) is 10.4. The highest BCUT2D eigenvalue weighted by Crippen LogP contribution is 2.29. The smallest absolute Gasteiger partial charge is 0.234 e. The zero-order chi connectivity index (χ0) is 23.2. The van der Waals surface area contributed by atoms with E-state index >= 15 is 0 Å². The molecule has 0 atom stereocenters. The molecule has 0 unspecified atom stereocenters. The highest BCUT2D eigenvalue weighted by atomic mass is 32.2. The van der Waals surface area contributed by atoms with Crippen molar-refractivity contribution in [2.75, 3.05) is 11.1 Å². The number of carbonyl (C=O) groups excluding carboxylic acids is 1. The fraction of sp³-hybridized carbons (Fsp3) is 0.192. The highest BCUT2D eigenvalue weighted by molar-refractivity contribution is 7.99. The summed E-state index contributed by atoms with van der Waals surface area (Å²) in [6.45, 7) is 4.77. The van der Waals surface area contributed by atoms with Gasteiger partial charge in [0.2, 0.25) is 5.91 Å². The summed E-state index contributed by atoms with van der Waals surface area (Å²) in [4.78, 5) is 12.8. The summed E-state index contributed by atoms with van der Waals surface area (Å²) < 4.78 is 16.3. The third-order valence-corrected chi connectivity index (χ3v) is 5.96. The normalized spacial score (nSPS) is 11.0. The van der Waals surface area contributed by atoms with Crippen LogP contribution >= 0.6 is 11.8 Å². The van der Waals surface area contributed by atoms with Gasteiger partial charge in [0.1, 0.15) is 5.82 Å². The maximum atomic E-state index is 14.4. The molecule has 0 bridgehead atoms. The van der Waals surface area contributed by atoms with Gasteiger partial charge in [-0.05, 0) is 29.7 Å². The molecule has 0 spiro atoms. The molecule has 1 N–H and O–H groups in total. The van der Waals surface area contributed by atoms with E-state index in [9.17, 15) is 9.18 Å². The quantitative estimate of drug-likeness (QED) is 0.321. The number of benzene rings is 3. The Morgan fingerprint density at radius 1 is 0.939 bits per heavy atom. The third-order valence-electron chi connectivity index (χ3n) is 5.00. The second-order valence-electron chi connectivity index (χ2n) is 8.04. The van der Waals surface area contributed by atoms with E-state index in [-0.39, 0.29) is 17.5 Å². The lowest BCUT2D eigenvalue weighted by Crippen LogP contribution is -2.16. The van der Waals surface area contributed by atoms with Gasteiger partial charge >= 0.3 is 0 Å². The van der Waals surface area contributed by atoms with Crippen LogP contribution in [0.1, 0.15) is 13.8 Å². The van der Waals surface area contributed by atoms with E-state index in [2.05, 4.69) is 29.4 Å². The number of halogens is 1. The molecule has 168 valence electrons. The van der Waals surface area contributed by atoms with Crippen molar-refractivity contribution >= 4 is 23.4 Å². The van der Waals surface area contributed by atoms with Gasteiger partial charge < -0.3 is 9.88 Å². The molecular weight excluding hydrogens is 435 g/mol. The zero-order valence-corrected chi connectivity index (χ0v) is 19.3. The standard InChI is InChI=1S/C26H25FN4OS/c1-18(2)16-31-25(21-13-6-8-14-22(21)27)29-30-26(31)33-17-24(32)28-23-15-9-7-12-20(23)19-10-4-3-5-11-19/h3-15,18H,16-17H2,1-2H3,(H,28,32). The number of rotatable bonds is 8. The molecule has 0 saturated carbocycles. The average molecular weight is 461 g/mol. The summed E-state index contributed by atoms with van der Waals surface area (Å²) in [7, 11) is 0. The number of nitrogens with one attached hydrogen (secondary N) is 1. The van der Waals surface area contributed by atoms with Crippen LogP contribution in [0.3, 0.4) is 0 Å². The molecule has 0 saturated heterocycles. The van der Waals surface area contributed by atoms with E-state index in [1.165, 1.54) is 17.8 Å². The molecule has 0 aliphatic heterocycles. The number of hydrogen-bond acceptors (Lipinski definition) is 4. The van der Waals surface area contributed by atoms with Gasteiger partial charge in [0.05, 0.1) is 11.3 Å². The first-order valence-electron chi connectivity index (χ1n) is 10.8. The van der Waals surface area contributed by atoms with Crippen molar-refractivity contribution < 1.29 is 9.18 Å². The van der Waals surface area contributed by atoms with Crippen LogP contribution in [0.5, 0.6) is 0 Å². The molecule has 0 radical (unpaired) electrons. The lowest BCUT2D eigenvalue weighted by Gasteiger charge is -2.13. The number of nitrogens with zero attached hydrogens (tertiary/aromatic N) is 3. The molecule has 4 aromatic rings. The first-order valence-corrected chi connectivity index (χ1v) is 11.8. The Balaban J connectivity index is 1.51. The van der Waals surface area contributed by atoms with Crippen molar-refractivity contribution in [1.29, 1.82) is 0 Å². The number of amides is 1. The monoisotopic (exact) mass is 460 g/mol. The zero-order valence-electron chi connectivity index (χ0n) is 18.5. The highest BCUT2D eigenvalue weighted by Gasteiger charge is 2.19. The number of hydrogen-bond donors (Lipinski definition) is 1. The predicted octanol–water partition coefficient (Wildman–Crippen LogP) is 6.14. The Kier molecular flexibility index (Phi) is 7.19. The summed E-state index contributed by atoms with van der Waals surface area (Å²) in [5.74, 6) is 0.449. The van der Waals surface area contributed by atoms with Crippen molar-refractivity contribution in [3.8, 4) is 22.5 Å². The molecule has 5 nitrogen and oxygen atoms in total. The molecule has 7 heteroatoms. The van der Waals surface area contributed by atoms with Gasteiger partial charge in [-0.25, -0.2) is 4.39 Å². The van der Waals surface area contributed by atoms with Gasteiger partial charge in [-0.2, -0.15) is 0 Å². The lowest BCUT2D eigenvalue weighted by molar-refractivity contribution is -0.113. The Bertz CT molecular complexity index is 1240. The Labute approximate surface area is 197 Å². The molecule has 1 amide bonds. The van der Waals surface area contributed by atoms with E-state index < -0.39 is 0 Å². The molecule has 1 aromatic heterocycles. The van der Waals surface area contributed by atoms with Crippen LogP contribution in [0, 0.1) is 11.7 Å². The maximum absolute atomic E-state index is 14.4. The van der Waals surface area contributed by atoms with E-state index in [1.807, 2.05) is 59.2 Å². The van der Waals surface area contributed by atoms with Crippen molar-refractivity contribution in [3.05, 3.63) is 84.7 Å². The number of carbonyl (C=O) groups is 1. The van der Waals surface area contributed by atoms with E-state index in [4.69, 9.17) is 0 Å². The number of para-hydroxylation sites is 1. The Hall–Kier alpha value is -3.45. The van der Waals surface area contributed by atoms with Crippen molar-refractivity contribution in [2.24, 2.45) is 5.92 Å². The predicted molar refractivity (Wildman–Crippen MR) is 131 cm³/mol. The number of anilines is 1. The van der Waals surface area contributed by atoms with Gasteiger partial charge in [-0.1, -0.05) is 86.3 Å². The van der Waals surface area contributed by atoms with Crippen LogP contribution in [0.25, 0.3) is 22.5 Å². The van der Waals surface area contributed by atoms with Gasteiger partial charge in [0, 0.05) is 17.8 Å². The molecule has 33 heavy (non-hydrogen) atoms. The number of thioether (sulfide) groups is 1. The van der Waals surface area contributed by atoms with Crippen LogP contribution in [-0.4, -0.2) is 26.4 Å². The minimum atomic E-state index is -0.346. The Morgan fingerprint density at radius 2 is 1.61 bits per heavy atom. The van der Waals surface area contributed by atoms with Crippen LogP contribution < -0.4 is 5.32 Å². The molecule has 1 heterocycles. The fourth-order valence-corrected chi connectivity index (χ4v) is 4.29. The van der Waals surface area contributed by atoms with Gasteiger partial charge in [0.25, 0.3) is 0 Å². The molecule has 0 fully saturated rings. The van der Waals surface area contributed by atoms with Crippen molar-refractivity contribution in [2.45, 2.75) is 25.5 Å². The topological polar surface area (TPSA) is 59.8 Å². The van der Waals surface area contributed by atoms with E-state index in [0.717, 1.165) is 16.8 Å². The largest absolute Gasteiger partial charge is 0.325 e. The van der Waals surface area contributed by atoms with Crippen LogP contribution in [0.2, 0.25) is 0 Å². The minimum Gasteiger partial charge on any atom is -0.325 e. The van der Waals surface area contributed by atoms with Crippen LogP contribution in [-0.2, 0) is 11.3 Å². The van der Waals surface area contributed by atoms with Gasteiger partial charge in [-0.15, -0.1) is 10.2 Å². The van der Waals surface area contributed by atoms with Gasteiger partial charge in [-0.3, -0.25) is 4.79 Å². The summed E-state index contributed by atoms with van der Waals surface area (Å²) >= 11 is 1.29. The number of aromatic nitrogens is 3. The molecule has 0 aliphatic rings. The SMILES string of the molecule is CC(C)Cn1c(SCC(=O)Nc2ccccc2-c2ccccc2)nnc1-c1ccccc1F. The molecule has 4 rings (SSSR count).